The second-order valence-electron chi connectivity index (χ2n) is 4.93. The smallest absolute Gasteiger partial charge is 0.395 e. The van der Waals surface area contributed by atoms with Gasteiger partial charge in [-0.3, -0.25) is 0 Å². The molecule has 6 heteroatoms. The van der Waals surface area contributed by atoms with Crippen LogP contribution in [0.15, 0.2) is 24.3 Å². The Morgan fingerprint density at radius 3 is 2.50 bits per heavy atom. The van der Waals surface area contributed by atoms with Gasteiger partial charge in [-0.05, 0) is 18.9 Å². The first-order valence-corrected chi connectivity index (χ1v) is 6.35. The zero-order chi connectivity index (χ0) is 15.2. The third-order valence-electron chi connectivity index (χ3n) is 3.31. The molecule has 1 aromatic carbocycles. The number of nitrogens with two attached hydrogens (primary N) is 1. The summed E-state index contributed by atoms with van der Waals surface area (Å²) in [6.07, 6.45) is -4.10. The fourth-order valence-electron chi connectivity index (χ4n) is 2.03. The fraction of sp³-hybridized carbons (Fsp3) is 0.571. The Kier molecular flexibility index (Phi) is 5.98. The van der Waals surface area contributed by atoms with Crippen molar-refractivity contribution in [1.29, 1.82) is 0 Å². The average Bonchev–Trinajstić information content (AvgIpc) is 2.38. The molecule has 0 bridgehead atoms. The molecule has 114 valence electrons. The molecular weight excluding hydrogens is 271 g/mol. The van der Waals surface area contributed by atoms with Gasteiger partial charge in [-0.25, -0.2) is 0 Å². The number of aliphatic hydroxyl groups is 1. The van der Waals surface area contributed by atoms with Crippen LogP contribution in [0.5, 0.6) is 0 Å². The molecule has 0 aromatic heterocycles. The summed E-state index contributed by atoms with van der Waals surface area (Å²) in [5, 5.41) is 9.62. The monoisotopic (exact) mass is 291 g/mol. The first-order chi connectivity index (χ1) is 9.33. The van der Waals surface area contributed by atoms with Crippen molar-refractivity contribution >= 4 is 0 Å². The minimum atomic E-state index is -4.34. The van der Waals surface area contributed by atoms with Crippen LogP contribution in [0.4, 0.5) is 13.2 Å². The maximum Gasteiger partial charge on any atom is 0.411 e. The van der Waals surface area contributed by atoms with Gasteiger partial charge in [-0.2, -0.15) is 13.2 Å². The zero-order valence-corrected chi connectivity index (χ0v) is 11.4. The van der Waals surface area contributed by atoms with Crippen molar-refractivity contribution in [3.8, 4) is 0 Å². The molecule has 1 rings (SSSR count). The summed E-state index contributed by atoms with van der Waals surface area (Å²) in [6.45, 7) is 0.422. The summed E-state index contributed by atoms with van der Waals surface area (Å²) in [7, 11) is 0. The van der Waals surface area contributed by atoms with Gasteiger partial charge in [-0.1, -0.05) is 29.8 Å². The van der Waals surface area contributed by atoms with Crippen LogP contribution in [0.3, 0.4) is 0 Å². The van der Waals surface area contributed by atoms with E-state index in [1.807, 2.05) is 31.2 Å². The van der Waals surface area contributed by atoms with Gasteiger partial charge in [0, 0.05) is 18.6 Å². The Hall–Kier alpha value is -1.11. The molecule has 1 aromatic rings. The van der Waals surface area contributed by atoms with Crippen molar-refractivity contribution in [1.82, 2.24) is 0 Å². The average molecular weight is 291 g/mol. The molecule has 3 N–H and O–H groups in total. The Morgan fingerprint density at radius 1 is 1.30 bits per heavy atom. The lowest BCUT2D eigenvalue weighted by atomic mass is 9.78. The molecule has 1 unspecified atom stereocenters. The van der Waals surface area contributed by atoms with Crippen molar-refractivity contribution in [2.75, 3.05) is 26.4 Å². The minimum Gasteiger partial charge on any atom is -0.395 e. The summed E-state index contributed by atoms with van der Waals surface area (Å²) < 4.78 is 40.7. The molecule has 0 amide bonds. The molecule has 1 atom stereocenters. The van der Waals surface area contributed by atoms with Crippen LogP contribution < -0.4 is 5.73 Å². The highest BCUT2D eigenvalue weighted by Gasteiger charge is 2.32. The van der Waals surface area contributed by atoms with Crippen LogP contribution in [0.1, 0.15) is 17.5 Å². The molecule has 0 heterocycles. The van der Waals surface area contributed by atoms with Crippen molar-refractivity contribution < 1.29 is 23.0 Å². The zero-order valence-electron chi connectivity index (χ0n) is 11.4. The van der Waals surface area contributed by atoms with Crippen molar-refractivity contribution in [3.63, 3.8) is 0 Å². The number of alkyl halides is 3. The van der Waals surface area contributed by atoms with E-state index in [0.29, 0.717) is 0 Å². The molecule has 0 saturated carbocycles. The summed E-state index contributed by atoms with van der Waals surface area (Å²) in [6, 6.07) is 7.44. The third kappa shape index (κ3) is 4.77. The fourth-order valence-corrected chi connectivity index (χ4v) is 2.03. The van der Waals surface area contributed by atoms with Crippen LogP contribution >= 0.6 is 0 Å². The molecule has 20 heavy (non-hydrogen) atoms. The number of ether oxygens (including phenoxy) is 1. The van der Waals surface area contributed by atoms with Crippen LogP contribution in [-0.4, -0.2) is 37.6 Å². The van der Waals surface area contributed by atoms with Crippen molar-refractivity contribution in [2.45, 2.75) is 24.9 Å². The first kappa shape index (κ1) is 16.9. The summed E-state index contributed by atoms with van der Waals surface area (Å²) in [4.78, 5) is 0. The van der Waals surface area contributed by atoms with E-state index in [1.54, 1.807) is 0 Å². The lowest BCUT2D eigenvalue weighted by Crippen LogP contribution is -2.40. The van der Waals surface area contributed by atoms with E-state index in [0.717, 1.165) is 11.1 Å². The van der Waals surface area contributed by atoms with Gasteiger partial charge in [0.05, 0.1) is 6.61 Å². The van der Waals surface area contributed by atoms with E-state index < -0.39 is 18.2 Å². The number of halogens is 3. The molecule has 3 nitrogen and oxygen atoms in total. The quantitative estimate of drug-likeness (QED) is 0.757. The van der Waals surface area contributed by atoms with Crippen molar-refractivity contribution in [3.05, 3.63) is 35.4 Å². The highest BCUT2D eigenvalue weighted by atomic mass is 19.4. The van der Waals surface area contributed by atoms with Crippen molar-refractivity contribution in [2.24, 2.45) is 5.73 Å². The van der Waals surface area contributed by atoms with Gasteiger partial charge in [-0.15, -0.1) is 0 Å². The van der Waals surface area contributed by atoms with Gasteiger partial charge >= 0.3 is 6.18 Å². The Labute approximate surface area is 116 Å². The van der Waals surface area contributed by atoms with Gasteiger partial charge in [0.25, 0.3) is 0 Å². The molecule has 0 fully saturated rings. The maximum absolute atomic E-state index is 12.0. The topological polar surface area (TPSA) is 55.5 Å². The summed E-state index contributed by atoms with van der Waals surface area (Å²) in [5.74, 6) is 0. The largest absolute Gasteiger partial charge is 0.411 e. The molecule has 0 radical (unpaired) electrons. The molecular formula is C14H20F3NO2. The van der Waals surface area contributed by atoms with Crippen LogP contribution in [0, 0.1) is 6.92 Å². The number of hydrogen-bond acceptors (Lipinski definition) is 3. The molecule has 0 saturated heterocycles. The number of rotatable bonds is 7. The maximum atomic E-state index is 12.0. The van der Waals surface area contributed by atoms with Crippen LogP contribution in [-0.2, 0) is 10.2 Å². The van der Waals surface area contributed by atoms with Gasteiger partial charge in [0.15, 0.2) is 0 Å². The van der Waals surface area contributed by atoms with E-state index in [4.69, 9.17) is 5.73 Å². The Bertz CT molecular complexity index is 417. The van der Waals surface area contributed by atoms with Gasteiger partial charge in [0.1, 0.15) is 6.61 Å². The lowest BCUT2D eigenvalue weighted by Gasteiger charge is -2.31. The predicted octanol–water partition coefficient (Wildman–Crippen LogP) is 2.15. The first-order valence-electron chi connectivity index (χ1n) is 6.35. The number of hydrogen-bond donors (Lipinski definition) is 2. The number of aryl methyl sites for hydroxylation is 1. The minimum absolute atomic E-state index is 0.106. The van der Waals surface area contributed by atoms with Crippen LogP contribution in [0.25, 0.3) is 0 Å². The highest BCUT2D eigenvalue weighted by Crippen LogP contribution is 2.28. The Morgan fingerprint density at radius 2 is 2.00 bits per heavy atom. The molecule has 0 spiro atoms. The second-order valence-corrected chi connectivity index (χ2v) is 4.93. The summed E-state index contributed by atoms with van der Waals surface area (Å²) in [5.41, 5.74) is 6.79. The van der Waals surface area contributed by atoms with E-state index in [1.165, 1.54) is 0 Å². The molecule has 0 aliphatic rings. The second kappa shape index (κ2) is 7.06. The Balaban J connectivity index is 2.72. The normalized spacial score (nSPS) is 15.1. The highest BCUT2D eigenvalue weighted by molar-refractivity contribution is 5.30. The summed E-state index contributed by atoms with van der Waals surface area (Å²) >= 11 is 0. The standard InChI is InChI=1S/C14H20F3NO2/c1-11-3-2-4-12(7-11)13(8-18,9-19)5-6-20-10-14(15,16)17/h2-4,7,19H,5-6,8-10,18H2,1H3. The number of aliphatic hydroxyl groups excluding tert-OH is 1. The predicted molar refractivity (Wildman–Crippen MR) is 70.5 cm³/mol. The lowest BCUT2D eigenvalue weighted by molar-refractivity contribution is -0.175. The molecule has 0 aliphatic heterocycles. The SMILES string of the molecule is Cc1cccc(C(CN)(CO)CCOCC(F)(F)F)c1. The van der Waals surface area contributed by atoms with E-state index in [9.17, 15) is 18.3 Å². The third-order valence-corrected chi connectivity index (χ3v) is 3.31. The van der Waals surface area contributed by atoms with Crippen LogP contribution in [0.2, 0.25) is 0 Å². The number of benzene rings is 1. The van der Waals surface area contributed by atoms with E-state index in [2.05, 4.69) is 4.74 Å². The van der Waals surface area contributed by atoms with Gasteiger partial charge in [0.2, 0.25) is 0 Å². The van der Waals surface area contributed by atoms with E-state index in [-0.39, 0.29) is 26.2 Å². The molecule has 0 aliphatic carbocycles. The van der Waals surface area contributed by atoms with E-state index >= 15 is 0 Å². The van der Waals surface area contributed by atoms with Gasteiger partial charge < -0.3 is 15.6 Å².